The van der Waals surface area contributed by atoms with Gasteiger partial charge in [-0.05, 0) is 148 Å². The lowest BCUT2D eigenvalue weighted by atomic mass is 10.1. The quantitative estimate of drug-likeness (QED) is 0.0195. The average molecular weight is 1230 g/mol. The van der Waals surface area contributed by atoms with Gasteiger partial charge in [0, 0.05) is 12.8 Å². The Hall–Kier alpha value is -6.13. The molecule has 2 atom stereocenters. The molecule has 0 aromatic heterocycles. The largest absolute Gasteiger partial charge is 0.545 e. The van der Waals surface area contributed by atoms with Crippen molar-refractivity contribution in [2.24, 2.45) is 0 Å². The van der Waals surface area contributed by atoms with Crippen LogP contribution in [-0.4, -0.2) is 82.3 Å². The summed E-state index contributed by atoms with van der Waals surface area (Å²) in [6.45, 7) is 4.43. The fraction of sp³-hybridized carbons (Fsp3) is 0.537. The van der Waals surface area contributed by atoms with Gasteiger partial charge in [-0.15, -0.1) is 0 Å². The Kier molecular flexibility index (Phi) is 63.1. The van der Waals surface area contributed by atoms with E-state index in [1.807, 2.05) is 21.1 Å². The fourth-order valence-electron chi connectivity index (χ4n) is 8.37. The van der Waals surface area contributed by atoms with Crippen LogP contribution in [0, 0.1) is 0 Å². The first kappa shape index (κ1) is 82.9. The van der Waals surface area contributed by atoms with Crippen LogP contribution in [0.4, 0.5) is 0 Å². The predicted octanol–water partition coefficient (Wildman–Crippen LogP) is 20.2. The zero-order chi connectivity index (χ0) is 64.7. The van der Waals surface area contributed by atoms with Crippen LogP contribution in [0.2, 0.25) is 0 Å². The molecule has 0 radical (unpaired) electrons. The molecule has 0 N–H and O–H groups in total. The molecule has 496 valence electrons. The van der Waals surface area contributed by atoms with E-state index >= 15 is 0 Å². The summed E-state index contributed by atoms with van der Waals surface area (Å²) in [5.41, 5.74) is 0. The molecule has 0 aliphatic rings. The number of esters is 2. The normalized spacial score (nSPS) is 14.0. The summed E-state index contributed by atoms with van der Waals surface area (Å²) in [7, 11) is 5.89. The van der Waals surface area contributed by atoms with Gasteiger partial charge < -0.3 is 33.3 Å². The van der Waals surface area contributed by atoms with Crippen LogP contribution in [0.3, 0.4) is 0 Å². The van der Waals surface area contributed by atoms with Crippen LogP contribution >= 0.6 is 0 Å². The van der Waals surface area contributed by atoms with Crippen molar-refractivity contribution < 1.29 is 42.9 Å². The number of carboxylic acids is 1. The zero-order valence-electron chi connectivity index (χ0n) is 56.5. The highest BCUT2D eigenvalue weighted by Gasteiger charge is 2.22. The maximum absolute atomic E-state index is 12.9. The molecule has 0 fully saturated rings. The van der Waals surface area contributed by atoms with E-state index in [1.54, 1.807) is 0 Å². The fourth-order valence-corrected chi connectivity index (χ4v) is 8.37. The van der Waals surface area contributed by atoms with Gasteiger partial charge in [-0.1, -0.05) is 265 Å². The number of carbonyl (C=O) groups is 3. The van der Waals surface area contributed by atoms with Gasteiger partial charge in [0.15, 0.2) is 12.4 Å². The minimum atomic E-state index is -1.65. The van der Waals surface area contributed by atoms with E-state index in [-0.39, 0.29) is 38.6 Å². The Balaban J connectivity index is 4.32. The molecule has 0 spiro atoms. The van der Waals surface area contributed by atoms with Crippen molar-refractivity contribution in [1.82, 2.24) is 0 Å². The second-order valence-electron chi connectivity index (χ2n) is 23.0. The van der Waals surface area contributed by atoms with Gasteiger partial charge in [-0.25, -0.2) is 0 Å². The van der Waals surface area contributed by atoms with Crippen LogP contribution in [0.25, 0.3) is 0 Å². The highest BCUT2D eigenvalue weighted by atomic mass is 16.7. The van der Waals surface area contributed by atoms with Crippen LogP contribution in [0.5, 0.6) is 0 Å². The number of rotatable bonds is 60. The van der Waals surface area contributed by atoms with Crippen molar-refractivity contribution >= 4 is 17.9 Å². The highest BCUT2D eigenvalue weighted by molar-refractivity contribution is 5.70. The third-order valence-corrected chi connectivity index (χ3v) is 13.5. The molecule has 2 unspecified atom stereocenters. The number of quaternary nitrogens is 1. The minimum absolute atomic E-state index is 0.126. The van der Waals surface area contributed by atoms with E-state index < -0.39 is 24.3 Å². The lowest BCUT2D eigenvalue weighted by Gasteiger charge is -2.26. The summed E-state index contributed by atoms with van der Waals surface area (Å²) < 4.78 is 22.7. The Morgan fingerprint density at radius 1 is 0.337 bits per heavy atom. The van der Waals surface area contributed by atoms with Crippen LogP contribution in [0.15, 0.2) is 207 Å². The predicted molar refractivity (Wildman–Crippen MR) is 379 cm³/mol. The molecule has 0 saturated heterocycles. The molecule has 0 rings (SSSR count). The lowest BCUT2D eigenvalue weighted by Crippen LogP contribution is -2.44. The van der Waals surface area contributed by atoms with Gasteiger partial charge in [-0.2, -0.15) is 0 Å². The molecule has 0 aliphatic heterocycles. The Labute approximate surface area is 544 Å². The van der Waals surface area contributed by atoms with Crippen molar-refractivity contribution in [3.05, 3.63) is 207 Å². The van der Waals surface area contributed by atoms with Crippen LogP contribution in [0.1, 0.15) is 219 Å². The van der Waals surface area contributed by atoms with Crippen molar-refractivity contribution in [3.8, 4) is 0 Å². The van der Waals surface area contributed by atoms with Gasteiger partial charge in [0.05, 0.1) is 40.3 Å². The molecular weight excluding hydrogens is 1100 g/mol. The van der Waals surface area contributed by atoms with E-state index in [9.17, 15) is 19.5 Å². The molecule has 0 aliphatic carbocycles. The molecule has 89 heavy (non-hydrogen) atoms. The van der Waals surface area contributed by atoms with Gasteiger partial charge in [0.25, 0.3) is 0 Å². The Morgan fingerprint density at radius 3 is 0.921 bits per heavy atom. The van der Waals surface area contributed by atoms with Gasteiger partial charge in [0.1, 0.15) is 13.2 Å². The minimum Gasteiger partial charge on any atom is -0.545 e. The second kappa shape index (κ2) is 67.8. The van der Waals surface area contributed by atoms with Crippen LogP contribution in [-0.2, 0) is 33.3 Å². The summed E-state index contributed by atoms with van der Waals surface area (Å²) in [6, 6.07) is 0. The Bertz CT molecular complexity index is 2210. The summed E-state index contributed by atoms with van der Waals surface area (Å²) >= 11 is 0. The highest BCUT2D eigenvalue weighted by Crippen LogP contribution is 2.14. The van der Waals surface area contributed by atoms with Gasteiger partial charge in [-0.3, -0.25) is 9.59 Å². The molecule has 9 heteroatoms. The third-order valence-electron chi connectivity index (χ3n) is 13.5. The summed E-state index contributed by atoms with van der Waals surface area (Å²) in [5, 5.41) is 11.8. The summed E-state index contributed by atoms with van der Waals surface area (Å²) in [4.78, 5) is 37.4. The number of hydrogen-bond acceptors (Lipinski definition) is 8. The first-order valence-corrected chi connectivity index (χ1v) is 34.2. The molecule has 0 bridgehead atoms. The van der Waals surface area contributed by atoms with Crippen LogP contribution < -0.4 is 5.11 Å². The Morgan fingerprint density at radius 2 is 0.607 bits per heavy atom. The van der Waals surface area contributed by atoms with Crippen molar-refractivity contribution in [2.45, 2.75) is 232 Å². The molecule has 0 saturated carbocycles. The van der Waals surface area contributed by atoms with Crippen molar-refractivity contribution in [2.75, 3.05) is 47.5 Å². The second-order valence-corrected chi connectivity index (χ2v) is 23.0. The van der Waals surface area contributed by atoms with Crippen molar-refractivity contribution in [1.29, 1.82) is 0 Å². The number of carbonyl (C=O) groups excluding carboxylic acids is 3. The molecule has 0 aromatic rings. The van der Waals surface area contributed by atoms with Gasteiger partial charge >= 0.3 is 11.9 Å². The number of aliphatic carboxylic acids is 1. The molecular formula is C80H123NO8. The first-order valence-electron chi connectivity index (χ1n) is 34.2. The van der Waals surface area contributed by atoms with E-state index in [1.165, 1.54) is 32.1 Å². The smallest absolute Gasteiger partial charge is 0.306 e. The topological polar surface area (TPSA) is 111 Å². The number of unbranched alkanes of at least 4 members (excludes halogenated alkanes) is 11. The number of likely N-dealkylation sites (N-methyl/N-ethyl adjacent to an activating group) is 1. The number of carboxylic acid groups (broad SMARTS) is 1. The monoisotopic (exact) mass is 1230 g/mol. The lowest BCUT2D eigenvalue weighted by molar-refractivity contribution is -0.870. The van der Waals surface area contributed by atoms with E-state index in [0.29, 0.717) is 23.9 Å². The number of ether oxygens (including phenoxy) is 4. The number of hydrogen-bond donors (Lipinski definition) is 0. The summed E-state index contributed by atoms with van der Waals surface area (Å²) in [5.74, 6) is -2.38. The number of nitrogens with zero attached hydrogens (tertiary/aromatic N) is 1. The molecule has 9 nitrogen and oxygen atoms in total. The molecule has 0 aromatic carbocycles. The van der Waals surface area contributed by atoms with E-state index in [0.717, 1.165) is 148 Å². The SMILES string of the molecule is CC/C=C\C/C=C\C/C=C\C/C=C\C/C=C\C/C=C\C/C=C\C/C=C\C/C=C\C/C=C\C/C=C\C/C=C\CCCCC(=O)OC(COC(=O)CCCCCCCCCCC/C=C\C/C=C\C/C=C\C/C=C\C/C=C\CC)COC(OCC[N+](C)(C)C)C(=O)[O-]. The maximum Gasteiger partial charge on any atom is 0.306 e. The molecule has 0 amide bonds. The first-order chi connectivity index (χ1) is 43.6. The van der Waals surface area contributed by atoms with Gasteiger partial charge in [0.2, 0.25) is 0 Å². The van der Waals surface area contributed by atoms with E-state index in [2.05, 4.69) is 220 Å². The third kappa shape index (κ3) is 69.2. The summed E-state index contributed by atoms with van der Waals surface area (Å²) in [6.07, 6.45) is 103. The maximum atomic E-state index is 12.9. The van der Waals surface area contributed by atoms with Crippen molar-refractivity contribution in [3.63, 3.8) is 0 Å². The zero-order valence-corrected chi connectivity index (χ0v) is 56.5. The number of allylic oxidation sites excluding steroid dienone is 34. The van der Waals surface area contributed by atoms with E-state index in [4.69, 9.17) is 18.9 Å². The average Bonchev–Trinajstić information content (AvgIpc) is 3.64. The molecule has 0 heterocycles. The standard InChI is InChI=1S/C80H123NO8/c1-6-8-10-12-14-16-18-20-22-24-26-28-30-32-33-34-35-36-37-38-39-40-41-42-43-44-45-47-49-51-53-55-57-59-61-63-65-67-69-71-78(83)89-76(75-88-80(79(84)85)86-73-72-81(3,4)5)74-87-77(82)70-68-66-64-62-60-58-56-54-52-50-48-46-31-29-27-25-23-21-19-17-15-13-11-9-7-2/h8-11,14-17,20-23,26-29,32-33,35-36,38-39,41-42,44-46,48-49,51,55,57,61,63,76,80H,6-7,12-13,18-19,24-25,30-31,34,37,40,43,47,50,52-54,56,58-60,62,64-75H2,1-5H3/b10-8-,11-9-,16-14-,17-15-,22-20-,23-21-,28-26-,29-27-,33-32-,36-35-,39-38-,42-41-,45-44-,48-46-,51-49-,57-55-,63-61-.